The van der Waals surface area contributed by atoms with Gasteiger partial charge in [-0.05, 0) is 19.1 Å². The number of aryl methyl sites for hydroxylation is 1. The lowest BCUT2D eigenvalue weighted by Gasteiger charge is -2.05. The first-order valence-corrected chi connectivity index (χ1v) is 4.90. The van der Waals surface area contributed by atoms with Crippen LogP contribution in [0.1, 0.15) is 16.2 Å². The van der Waals surface area contributed by atoms with Gasteiger partial charge in [0.1, 0.15) is 12.1 Å². The van der Waals surface area contributed by atoms with E-state index in [0.29, 0.717) is 5.82 Å². The smallest absolute Gasteiger partial charge is 0.354 e. The van der Waals surface area contributed by atoms with Crippen molar-refractivity contribution in [3.8, 4) is 0 Å². The van der Waals surface area contributed by atoms with Crippen molar-refractivity contribution in [2.75, 3.05) is 5.32 Å². The monoisotopic (exact) mass is 230 g/mol. The molecule has 6 heteroatoms. The van der Waals surface area contributed by atoms with Gasteiger partial charge in [0.2, 0.25) is 0 Å². The van der Waals surface area contributed by atoms with Gasteiger partial charge in [0, 0.05) is 11.8 Å². The predicted molar refractivity (Wildman–Crippen MR) is 61.2 cm³/mol. The number of aromatic nitrogens is 3. The minimum Gasteiger partial charge on any atom is -0.477 e. The van der Waals surface area contributed by atoms with E-state index in [4.69, 9.17) is 5.11 Å². The maximum Gasteiger partial charge on any atom is 0.354 e. The van der Waals surface area contributed by atoms with Crippen LogP contribution < -0.4 is 5.32 Å². The first-order valence-electron chi connectivity index (χ1n) is 4.90. The Morgan fingerprint density at radius 2 is 2.12 bits per heavy atom. The quantitative estimate of drug-likeness (QED) is 0.833. The molecular weight excluding hydrogens is 220 g/mol. The number of nitrogens with zero attached hydrogens (tertiary/aromatic N) is 3. The fourth-order valence-electron chi connectivity index (χ4n) is 1.23. The summed E-state index contributed by atoms with van der Waals surface area (Å²) >= 11 is 0. The molecule has 2 heterocycles. The van der Waals surface area contributed by atoms with Crippen molar-refractivity contribution in [1.29, 1.82) is 0 Å². The zero-order valence-electron chi connectivity index (χ0n) is 9.08. The third-order valence-electron chi connectivity index (χ3n) is 2.07. The second kappa shape index (κ2) is 4.56. The van der Waals surface area contributed by atoms with E-state index in [2.05, 4.69) is 20.3 Å². The van der Waals surface area contributed by atoms with Crippen LogP contribution in [0.15, 0.2) is 30.7 Å². The number of carbonyl (C=O) groups is 1. The van der Waals surface area contributed by atoms with Crippen molar-refractivity contribution < 1.29 is 9.90 Å². The number of rotatable bonds is 3. The Labute approximate surface area is 97.4 Å². The molecule has 0 aliphatic heterocycles. The molecule has 0 atom stereocenters. The highest BCUT2D eigenvalue weighted by molar-refractivity contribution is 5.86. The molecule has 0 unspecified atom stereocenters. The summed E-state index contributed by atoms with van der Waals surface area (Å²) in [6, 6.07) is 5.05. The average molecular weight is 230 g/mol. The van der Waals surface area contributed by atoms with Crippen LogP contribution in [0.2, 0.25) is 0 Å². The number of nitrogens with one attached hydrogen (secondary N) is 1. The highest BCUT2D eigenvalue weighted by atomic mass is 16.4. The van der Waals surface area contributed by atoms with Gasteiger partial charge in [0.05, 0.1) is 11.9 Å². The Hall–Kier alpha value is -2.50. The van der Waals surface area contributed by atoms with Crippen molar-refractivity contribution in [3.05, 3.63) is 42.1 Å². The molecule has 0 saturated heterocycles. The molecule has 2 aromatic rings. The second-order valence-electron chi connectivity index (χ2n) is 3.41. The number of aromatic carboxylic acids is 1. The maximum atomic E-state index is 10.7. The number of hydrogen-bond acceptors (Lipinski definition) is 5. The molecule has 0 radical (unpaired) electrons. The van der Waals surface area contributed by atoms with Gasteiger partial charge in [0.15, 0.2) is 5.69 Å². The van der Waals surface area contributed by atoms with E-state index in [1.807, 2.05) is 19.1 Å². The van der Waals surface area contributed by atoms with Crippen LogP contribution in [0.5, 0.6) is 0 Å². The Morgan fingerprint density at radius 3 is 2.76 bits per heavy atom. The number of anilines is 2. The van der Waals surface area contributed by atoms with E-state index in [-0.39, 0.29) is 5.69 Å². The topological polar surface area (TPSA) is 88.0 Å². The minimum absolute atomic E-state index is 0.0532. The lowest BCUT2D eigenvalue weighted by Crippen LogP contribution is -2.03. The molecule has 0 amide bonds. The molecule has 0 bridgehead atoms. The summed E-state index contributed by atoms with van der Waals surface area (Å²) in [6.45, 7) is 1.89. The normalized spacial score (nSPS) is 9.94. The van der Waals surface area contributed by atoms with E-state index in [9.17, 15) is 4.79 Å². The largest absolute Gasteiger partial charge is 0.477 e. The predicted octanol–water partition coefficient (Wildman–Crippen LogP) is 1.62. The minimum atomic E-state index is -1.09. The summed E-state index contributed by atoms with van der Waals surface area (Å²) in [5, 5.41) is 11.7. The zero-order chi connectivity index (χ0) is 12.3. The number of carboxylic acids is 1. The van der Waals surface area contributed by atoms with E-state index >= 15 is 0 Å². The molecule has 17 heavy (non-hydrogen) atoms. The van der Waals surface area contributed by atoms with Gasteiger partial charge in [-0.1, -0.05) is 0 Å². The summed E-state index contributed by atoms with van der Waals surface area (Å²) in [6.07, 6.45) is 2.85. The summed E-state index contributed by atoms with van der Waals surface area (Å²) in [5.41, 5.74) is 1.60. The van der Waals surface area contributed by atoms with Crippen LogP contribution in [-0.2, 0) is 0 Å². The van der Waals surface area contributed by atoms with Crippen molar-refractivity contribution in [1.82, 2.24) is 15.0 Å². The van der Waals surface area contributed by atoms with Gasteiger partial charge < -0.3 is 10.4 Å². The van der Waals surface area contributed by atoms with Gasteiger partial charge in [-0.25, -0.2) is 14.8 Å². The molecule has 2 rings (SSSR count). The standard InChI is InChI=1S/C11H10N4O2/c1-7-2-3-8(5-12-7)15-10-4-9(11(16)17)13-6-14-10/h2-6H,1H3,(H,16,17)(H,13,14,15). The van der Waals surface area contributed by atoms with Gasteiger partial charge >= 0.3 is 5.97 Å². The number of hydrogen-bond donors (Lipinski definition) is 2. The molecule has 2 N–H and O–H groups in total. The van der Waals surface area contributed by atoms with Crippen LogP contribution >= 0.6 is 0 Å². The van der Waals surface area contributed by atoms with Crippen LogP contribution in [0, 0.1) is 6.92 Å². The first-order chi connectivity index (χ1) is 8.15. The van der Waals surface area contributed by atoms with Crippen LogP contribution in [0.3, 0.4) is 0 Å². The molecular formula is C11H10N4O2. The van der Waals surface area contributed by atoms with Gasteiger partial charge in [-0.15, -0.1) is 0 Å². The molecule has 0 aliphatic rings. The van der Waals surface area contributed by atoms with E-state index in [1.54, 1.807) is 6.20 Å². The molecule has 0 spiro atoms. The second-order valence-corrected chi connectivity index (χ2v) is 3.41. The van der Waals surface area contributed by atoms with Crippen LogP contribution in [-0.4, -0.2) is 26.0 Å². The van der Waals surface area contributed by atoms with Crippen molar-refractivity contribution in [2.45, 2.75) is 6.92 Å². The molecule has 2 aromatic heterocycles. The first kappa shape index (κ1) is 11.0. The average Bonchev–Trinajstić information content (AvgIpc) is 2.32. The molecule has 0 fully saturated rings. The molecule has 0 aromatic carbocycles. The Bertz CT molecular complexity index is 539. The lowest BCUT2D eigenvalue weighted by atomic mass is 10.3. The van der Waals surface area contributed by atoms with Crippen molar-refractivity contribution in [3.63, 3.8) is 0 Å². The van der Waals surface area contributed by atoms with Crippen molar-refractivity contribution in [2.24, 2.45) is 0 Å². The summed E-state index contributed by atoms with van der Waals surface area (Å²) < 4.78 is 0. The number of carboxylic acid groups (broad SMARTS) is 1. The highest BCUT2D eigenvalue weighted by Crippen LogP contribution is 2.13. The number of pyridine rings is 1. The van der Waals surface area contributed by atoms with Gasteiger partial charge in [-0.3, -0.25) is 4.98 Å². The summed E-state index contributed by atoms with van der Waals surface area (Å²) in [4.78, 5) is 22.4. The SMILES string of the molecule is Cc1ccc(Nc2cc(C(=O)O)ncn2)cn1. The fraction of sp³-hybridized carbons (Fsp3) is 0.0909. The van der Waals surface area contributed by atoms with Crippen LogP contribution in [0.4, 0.5) is 11.5 Å². The Kier molecular flexibility index (Phi) is 2.95. The molecule has 86 valence electrons. The van der Waals surface area contributed by atoms with Crippen LogP contribution in [0.25, 0.3) is 0 Å². The Balaban J connectivity index is 2.21. The van der Waals surface area contributed by atoms with E-state index < -0.39 is 5.97 Å². The maximum absolute atomic E-state index is 10.7. The zero-order valence-corrected chi connectivity index (χ0v) is 9.08. The highest BCUT2D eigenvalue weighted by Gasteiger charge is 2.05. The van der Waals surface area contributed by atoms with Gasteiger partial charge in [0.25, 0.3) is 0 Å². The Morgan fingerprint density at radius 1 is 1.29 bits per heavy atom. The molecule has 6 nitrogen and oxygen atoms in total. The van der Waals surface area contributed by atoms with E-state index in [1.165, 1.54) is 12.4 Å². The van der Waals surface area contributed by atoms with E-state index in [0.717, 1.165) is 11.4 Å². The van der Waals surface area contributed by atoms with Gasteiger partial charge in [-0.2, -0.15) is 0 Å². The summed E-state index contributed by atoms with van der Waals surface area (Å²) in [7, 11) is 0. The van der Waals surface area contributed by atoms with Crippen molar-refractivity contribution >= 4 is 17.5 Å². The molecule has 0 aliphatic carbocycles. The molecule has 0 saturated carbocycles. The summed E-state index contributed by atoms with van der Waals surface area (Å²) in [5.74, 6) is -0.666. The fourth-order valence-corrected chi connectivity index (χ4v) is 1.23. The lowest BCUT2D eigenvalue weighted by molar-refractivity contribution is 0.0690. The third-order valence-corrected chi connectivity index (χ3v) is 2.07. The third kappa shape index (κ3) is 2.75.